The molecule has 6 amide bonds. The molecule has 0 radical (unpaired) electrons. The molecule has 3 saturated carbocycles. The van der Waals surface area contributed by atoms with Crippen molar-refractivity contribution < 1.29 is 43.0 Å². The van der Waals surface area contributed by atoms with Crippen LogP contribution in [0.25, 0.3) is 0 Å². The lowest BCUT2D eigenvalue weighted by Crippen LogP contribution is -2.62. The Morgan fingerprint density at radius 1 is 0.815 bits per heavy atom. The molecule has 10 atom stereocenters. The van der Waals surface area contributed by atoms with Crippen LogP contribution in [0, 0.1) is 29.6 Å². The normalized spacial score (nSPS) is 30.8. The summed E-state index contributed by atoms with van der Waals surface area (Å²) < 4.78 is 17.8. The second-order valence-electron chi connectivity index (χ2n) is 20.5. The second-order valence-corrected chi connectivity index (χ2v) is 20.5. The summed E-state index contributed by atoms with van der Waals surface area (Å²) in [4.78, 5) is 84.5. The van der Waals surface area contributed by atoms with Crippen molar-refractivity contribution in [1.29, 1.82) is 0 Å². The first-order valence-electron chi connectivity index (χ1n) is 25.0. The molecule has 0 aromatic carbocycles. The molecule has 3 aliphatic carbocycles. The van der Waals surface area contributed by atoms with E-state index in [1.54, 1.807) is 7.05 Å². The number of amides is 6. The van der Waals surface area contributed by atoms with Gasteiger partial charge in [-0.2, -0.15) is 0 Å². The van der Waals surface area contributed by atoms with Crippen molar-refractivity contribution in [3.63, 3.8) is 0 Å². The van der Waals surface area contributed by atoms with Crippen LogP contribution < -0.4 is 37.6 Å². The summed E-state index contributed by atoms with van der Waals surface area (Å²) in [7, 11) is 1.67. The van der Waals surface area contributed by atoms with Crippen molar-refractivity contribution in [2.75, 3.05) is 53.0 Å². The van der Waals surface area contributed by atoms with E-state index in [1.807, 2.05) is 41.5 Å². The number of carbonyl (C=O) groups is 6. The van der Waals surface area contributed by atoms with Crippen LogP contribution in [0.4, 0.5) is 4.79 Å². The first-order valence-corrected chi connectivity index (χ1v) is 25.0. The zero-order valence-corrected chi connectivity index (χ0v) is 40.8. The maximum atomic E-state index is 14.5. The van der Waals surface area contributed by atoms with Gasteiger partial charge in [0.2, 0.25) is 29.5 Å². The minimum absolute atomic E-state index is 0.126. The Kier molecular flexibility index (Phi) is 22.7. The highest BCUT2D eigenvalue weighted by Crippen LogP contribution is 2.46. The molecule has 1 aliphatic heterocycles. The first-order chi connectivity index (χ1) is 31.0. The number of nitrogens with one attached hydrogen (secondary N) is 6. The van der Waals surface area contributed by atoms with Gasteiger partial charge >= 0.3 is 6.09 Å². The fourth-order valence-electron chi connectivity index (χ4n) is 10.2. The van der Waals surface area contributed by atoms with Crippen molar-refractivity contribution in [3.8, 4) is 0 Å². The summed E-state index contributed by atoms with van der Waals surface area (Å²) in [5, 5.41) is 17.7. The van der Waals surface area contributed by atoms with Crippen LogP contribution in [-0.2, 0) is 38.2 Å². The number of likely N-dealkylation sites (N-methyl/N-ethyl adjacent to an activating group) is 1. The fraction of sp³-hybridized carbons (Fsp3) is 0.875. The average Bonchev–Trinajstić information content (AvgIpc) is 3.40. The molecule has 0 spiro atoms. The number of hydrogen-bond donors (Lipinski definition) is 7. The van der Waals surface area contributed by atoms with Gasteiger partial charge < -0.3 is 56.7 Å². The van der Waals surface area contributed by atoms with Crippen molar-refractivity contribution in [2.45, 2.75) is 186 Å². The van der Waals surface area contributed by atoms with Gasteiger partial charge in [-0.05, 0) is 122 Å². The van der Waals surface area contributed by atoms with Crippen molar-refractivity contribution >= 4 is 35.6 Å². The van der Waals surface area contributed by atoms with Crippen LogP contribution in [0.3, 0.4) is 0 Å². The average molecular weight is 919 g/mol. The van der Waals surface area contributed by atoms with Crippen LogP contribution in [0.1, 0.15) is 144 Å². The minimum Gasteiger partial charge on any atom is -0.444 e. The number of alkyl carbamates (subject to hydrolysis) is 1. The van der Waals surface area contributed by atoms with Gasteiger partial charge in [-0.1, -0.05) is 58.8 Å². The van der Waals surface area contributed by atoms with E-state index in [2.05, 4.69) is 31.9 Å². The fourth-order valence-corrected chi connectivity index (χ4v) is 10.2. The third-order valence-electron chi connectivity index (χ3n) is 13.7. The van der Waals surface area contributed by atoms with Gasteiger partial charge in [0, 0.05) is 32.8 Å². The summed E-state index contributed by atoms with van der Waals surface area (Å²) >= 11 is 0. The van der Waals surface area contributed by atoms with Gasteiger partial charge in [-0.25, -0.2) is 4.79 Å². The number of nitrogens with zero attached hydrogens (tertiary/aromatic N) is 1. The Morgan fingerprint density at radius 2 is 1.46 bits per heavy atom. The summed E-state index contributed by atoms with van der Waals surface area (Å²) in [6.07, 6.45) is 13.5. The molecule has 1 saturated heterocycles. The third kappa shape index (κ3) is 18.2. The lowest BCUT2D eigenvalue weighted by atomic mass is 9.77. The molecule has 2 bridgehead atoms. The van der Waals surface area contributed by atoms with Crippen molar-refractivity contribution in [1.82, 2.24) is 36.8 Å². The lowest BCUT2D eigenvalue weighted by molar-refractivity contribution is -0.147. The number of carbonyl (C=O) groups excluding carboxylic acids is 6. The monoisotopic (exact) mass is 919 g/mol. The molecule has 4 rings (SSSR count). The largest absolute Gasteiger partial charge is 0.444 e. The Morgan fingerprint density at radius 3 is 2.11 bits per heavy atom. The maximum Gasteiger partial charge on any atom is 0.407 e. The van der Waals surface area contributed by atoms with Crippen LogP contribution in [0.2, 0.25) is 0 Å². The topological polar surface area (TPSA) is 232 Å². The molecule has 65 heavy (non-hydrogen) atoms. The van der Waals surface area contributed by atoms with E-state index in [0.29, 0.717) is 76.1 Å². The third-order valence-corrected chi connectivity index (χ3v) is 13.7. The highest BCUT2D eigenvalue weighted by molar-refractivity contribution is 5.96. The molecule has 0 aromatic rings. The van der Waals surface area contributed by atoms with E-state index >= 15 is 0 Å². The second kappa shape index (κ2) is 27.3. The Labute approximate surface area is 389 Å². The molecule has 1 unspecified atom stereocenters. The predicted molar refractivity (Wildman–Crippen MR) is 249 cm³/mol. The SMILES string of the molecule is CCC[C@H]1C(=O)N[C@@H](C2CCCCCC2)C(=O)N[C@@H](CN)C(=O)N[C@@H](COCCCNCCCNC(=O)OC(C)(C)C)C(=O)N[C@H](C)CO[C@H](CC2C[C@H]3CC[C@@H](C2)C3)[C@@H](C)C(=O)N1C. The molecule has 1 heterocycles. The quantitative estimate of drug-likeness (QED) is 0.0873. The van der Waals surface area contributed by atoms with Gasteiger partial charge in [0.1, 0.15) is 29.8 Å². The zero-order valence-electron chi connectivity index (χ0n) is 40.8. The first kappa shape index (κ1) is 54.1. The molecule has 4 aliphatic rings. The molecule has 4 fully saturated rings. The standard InChI is InChI=1S/C48H86N8O9/c1-8-15-39-44(59)55-41(36-16-11-9-10-12-17-36)45(60)53-37(28-49)42(57)54-38(30-63-23-14-21-50-20-13-22-51-47(62)65-48(4,5)6)43(58)52-31(2)29-64-40(32(3)46(61)56(39)7)27-35-25-33-18-19-34(24-33)26-35/h31-41,50H,8-30,49H2,1-7H3,(H,51,62)(H,52,58)(H,53,60)(H,54,57)(H,55,59)/t31-,32-,33-,34+,35?,37+,38+,39+,40-,41+/m1/s1. The zero-order chi connectivity index (χ0) is 47.5. The van der Waals surface area contributed by atoms with E-state index in [9.17, 15) is 28.8 Å². The van der Waals surface area contributed by atoms with E-state index in [4.69, 9.17) is 19.9 Å². The van der Waals surface area contributed by atoms with Crippen LogP contribution in [-0.4, -0.2) is 135 Å². The predicted octanol–water partition coefficient (Wildman–Crippen LogP) is 3.66. The molecule has 372 valence electrons. The Balaban J connectivity index is 1.51. The smallest absolute Gasteiger partial charge is 0.407 e. The maximum absolute atomic E-state index is 14.5. The number of rotatable bonds is 16. The molecule has 0 aromatic heterocycles. The Hall–Kier alpha value is -3.54. The number of hydrogen-bond acceptors (Lipinski definition) is 11. The summed E-state index contributed by atoms with van der Waals surface area (Å²) in [5.41, 5.74) is 5.57. The summed E-state index contributed by atoms with van der Waals surface area (Å²) in [6.45, 7) is 12.9. The molecular weight excluding hydrogens is 833 g/mol. The van der Waals surface area contributed by atoms with E-state index in [0.717, 1.165) is 51.4 Å². The highest BCUT2D eigenvalue weighted by Gasteiger charge is 2.41. The van der Waals surface area contributed by atoms with E-state index < -0.39 is 77.6 Å². The van der Waals surface area contributed by atoms with Crippen LogP contribution in [0.5, 0.6) is 0 Å². The molecular formula is C48H86N8O9. The molecule has 8 N–H and O–H groups in total. The van der Waals surface area contributed by atoms with Gasteiger partial charge in [-0.3, -0.25) is 24.0 Å². The molecule has 17 heteroatoms. The Bertz CT molecular complexity index is 1510. The highest BCUT2D eigenvalue weighted by atomic mass is 16.6. The van der Waals surface area contributed by atoms with Crippen molar-refractivity contribution in [2.24, 2.45) is 35.3 Å². The molecule has 17 nitrogen and oxygen atoms in total. The van der Waals surface area contributed by atoms with Gasteiger partial charge in [0.25, 0.3) is 0 Å². The minimum atomic E-state index is -1.20. The van der Waals surface area contributed by atoms with E-state index in [-0.39, 0.29) is 31.6 Å². The van der Waals surface area contributed by atoms with Crippen molar-refractivity contribution in [3.05, 3.63) is 0 Å². The van der Waals surface area contributed by atoms with Gasteiger partial charge in [0.15, 0.2) is 0 Å². The number of fused-ring (bicyclic) bond motifs is 2. The lowest BCUT2D eigenvalue weighted by Gasteiger charge is -2.36. The summed E-state index contributed by atoms with van der Waals surface area (Å²) in [5.74, 6) is -1.21. The van der Waals surface area contributed by atoms with E-state index in [1.165, 1.54) is 24.2 Å². The summed E-state index contributed by atoms with van der Waals surface area (Å²) in [6, 6.07) is -4.60. The number of nitrogens with two attached hydrogens (primary N) is 1. The van der Waals surface area contributed by atoms with Crippen LogP contribution >= 0.6 is 0 Å². The van der Waals surface area contributed by atoms with Gasteiger partial charge in [-0.15, -0.1) is 0 Å². The number of ether oxygens (including phenoxy) is 3. The van der Waals surface area contributed by atoms with Gasteiger partial charge in [0.05, 0.1) is 25.2 Å². The van der Waals surface area contributed by atoms with Crippen LogP contribution in [0.15, 0.2) is 0 Å².